The molecule has 2 aromatic carbocycles. The van der Waals surface area contributed by atoms with Crippen LogP contribution in [0.2, 0.25) is 0 Å². The van der Waals surface area contributed by atoms with E-state index in [9.17, 15) is 14.3 Å². The fourth-order valence-corrected chi connectivity index (χ4v) is 5.94. The monoisotopic (exact) mass is 494 g/mol. The van der Waals surface area contributed by atoms with Crippen molar-refractivity contribution in [1.82, 2.24) is 9.80 Å². The topological polar surface area (TPSA) is 53.0 Å². The second-order valence-electron chi connectivity index (χ2n) is 11.5. The van der Waals surface area contributed by atoms with Gasteiger partial charge in [0.1, 0.15) is 11.6 Å². The minimum absolute atomic E-state index is 0.0902. The van der Waals surface area contributed by atoms with E-state index in [1.54, 1.807) is 35.2 Å². The number of aliphatic hydroxyl groups excluding tert-OH is 1. The van der Waals surface area contributed by atoms with E-state index in [4.69, 9.17) is 4.74 Å². The number of hydrogen-bond donors (Lipinski definition) is 1. The Morgan fingerprint density at radius 1 is 1.06 bits per heavy atom. The fourth-order valence-electron chi connectivity index (χ4n) is 5.94. The summed E-state index contributed by atoms with van der Waals surface area (Å²) in [5.41, 5.74) is 2.31. The quantitative estimate of drug-likeness (QED) is 0.562. The zero-order valence-electron chi connectivity index (χ0n) is 21.4. The molecule has 6 heteroatoms. The van der Waals surface area contributed by atoms with Crippen molar-refractivity contribution in [3.05, 3.63) is 53.8 Å². The number of rotatable bonds is 7. The minimum Gasteiger partial charge on any atom is -0.493 e. The van der Waals surface area contributed by atoms with Crippen molar-refractivity contribution < 1.29 is 19.0 Å². The molecule has 2 heterocycles. The number of benzene rings is 2. The lowest BCUT2D eigenvalue weighted by atomic mass is 9.70. The van der Waals surface area contributed by atoms with E-state index in [0.29, 0.717) is 47.9 Å². The normalized spacial score (nSPS) is 22.8. The maximum atomic E-state index is 15.0. The molecule has 1 N–H and O–H groups in total. The number of aliphatic hydroxyl groups is 1. The Morgan fingerprint density at radius 2 is 1.81 bits per heavy atom. The van der Waals surface area contributed by atoms with Crippen LogP contribution >= 0.6 is 0 Å². The standard InChI is InChI=1S/C30H39FN2O3/c1-30(13-3-14-30)21-32-16-11-22(12-17-32)20-36-26-9-10-27(28(31)18-26)23-5-7-24(8-6-23)29(35)33-15-2-4-25(34)19-33/h5-10,18,22,25,34H,2-4,11-17,19-21H2,1H3/t25-/m0/s1. The lowest BCUT2D eigenvalue weighted by Gasteiger charge is -2.44. The summed E-state index contributed by atoms with van der Waals surface area (Å²) in [6, 6.07) is 12.1. The van der Waals surface area contributed by atoms with Crippen molar-refractivity contribution in [2.75, 3.05) is 39.3 Å². The summed E-state index contributed by atoms with van der Waals surface area (Å²) in [6.45, 7) is 7.57. The van der Waals surface area contributed by atoms with Crippen molar-refractivity contribution in [3.8, 4) is 16.9 Å². The second kappa shape index (κ2) is 10.9. The van der Waals surface area contributed by atoms with E-state index >= 15 is 0 Å². The van der Waals surface area contributed by atoms with E-state index in [0.717, 1.165) is 44.3 Å². The molecule has 2 aliphatic heterocycles. The van der Waals surface area contributed by atoms with Crippen molar-refractivity contribution in [3.63, 3.8) is 0 Å². The molecule has 5 nitrogen and oxygen atoms in total. The van der Waals surface area contributed by atoms with Gasteiger partial charge in [-0.15, -0.1) is 0 Å². The number of β-amino-alcohol motifs (C(OH)–C–C–N with tert-alkyl or cyclic N) is 1. The van der Waals surface area contributed by atoms with Crippen LogP contribution in [0.25, 0.3) is 11.1 Å². The molecule has 1 aliphatic carbocycles. The highest BCUT2D eigenvalue weighted by Crippen LogP contribution is 2.41. The summed E-state index contributed by atoms with van der Waals surface area (Å²) in [5.74, 6) is 0.669. The summed E-state index contributed by atoms with van der Waals surface area (Å²) in [6.07, 6.45) is 7.48. The van der Waals surface area contributed by atoms with Crippen LogP contribution in [0.5, 0.6) is 5.75 Å². The zero-order valence-corrected chi connectivity index (χ0v) is 21.4. The van der Waals surface area contributed by atoms with Crippen LogP contribution in [-0.2, 0) is 0 Å². The third kappa shape index (κ3) is 5.92. The molecule has 3 fully saturated rings. The fraction of sp³-hybridized carbons (Fsp3) is 0.567. The predicted molar refractivity (Wildman–Crippen MR) is 140 cm³/mol. The zero-order chi connectivity index (χ0) is 25.1. The number of nitrogens with zero attached hydrogens (tertiary/aromatic N) is 2. The van der Waals surface area contributed by atoms with Gasteiger partial charge in [0, 0.05) is 36.8 Å². The van der Waals surface area contributed by atoms with Gasteiger partial charge in [-0.05, 0) is 92.8 Å². The predicted octanol–water partition coefficient (Wildman–Crippen LogP) is 5.37. The van der Waals surface area contributed by atoms with Gasteiger partial charge in [-0.1, -0.05) is 25.5 Å². The lowest BCUT2D eigenvalue weighted by Crippen LogP contribution is -2.44. The Hall–Kier alpha value is -2.44. The van der Waals surface area contributed by atoms with Gasteiger partial charge in [-0.2, -0.15) is 0 Å². The summed E-state index contributed by atoms with van der Waals surface area (Å²) in [5, 5.41) is 9.84. The van der Waals surface area contributed by atoms with Crippen molar-refractivity contribution in [1.29, 1.82) is 0 Å². The number of hydrogen-bond acceptors (Lipinski definition) is 4. The molecule has 0 radical (unpaired) electrons. The van der Waals surface area contributed by atoms with Gasteiger partial charge in [-0.3, -0.25) is 4.79 Å². The third-order valence-electron chi connectivity index (χ3n) is 8.43. The molecule has 0 aromatic heterocycles. The van der Waals surface area contributed by atoms with Gasteiger partial charge >= 0.3 is 0 Å². The van der Waals surface area contributed by atoms with Gasteiger partial charge in [-0.25, -0.2) is 4.39 Å². The Balaban J connectivity index is 1.12. The molecular formula is C30H39FN2O3. The number of halogens is 1. The summed E-state index contributed by atoms with van der Waals surface area (Å²) < 4.78 is 20.9. The van der Waals surface area contributed by atoms with Crippen molar-refractivity contribution in [2.24, 2.45) is 11.3 Å². The molecule has 194 valence electrons. The maximum Gasteiger partial charge on any atom is 0.253 e. The number of amides is 1. The molecule has 1 amide bonds. The van der Waals surface area contributed by atoms with Crippen LogP contribution in [0.1, 0.15) is 62.2 Å². The highest BCUT2D eigenvalue weighted by atomic mass is 19.1. The maximum absolute atomic E-state index is 15.0. The Kier molecular flexibility index (Phi) is 7.63. The van der Waals surface area contributed by atoms with Crippen LogP contribution in [0, 0.1) is 17.2 Å². The van der Waals surface area contributed by atoms with Crippen LogP contribution in [0.3, 0.4) is 0 Å². The van der Waals surface area contributed by atoms with Crippen LogP contribution in [0.4, 0.5) is 4.39 Å². The average Bonchev–Trinajstić information content (AvgIpc) is 2.87. The first kappa shape index (κ1) is 25.2. The van der Waals surface area contributed by atoms with E-state index in [-0.39, 0.29) is 11.7 Å². The number of carbonyl (C=O) groups is 1. The van der Waals surface area contributed by atoms with Gasteiger partial charge < -0.3 is 19.6 Å². The SMILES string of the molecule is CC1(CN2CCC(COc3ccc(-c4ccc(C(=O)N5CCC[C@H](O)C5)cc4)c(F)c3)CC2)CCC1. The minimum atomic E-state index is -0.454. The molecule has 1 atom stereocenters. The van der Waals surface area contributed by atoms with Gasteiger partial charge in [0.15, 0.2) is 0 Å². The highest BCUT2D eigenvalue weighted by Gasteiger charge is 2.34. The molecule has 0 bridgehead atoms. The van der Waals surface area contributed by atoms with Crippen LogP contribution in [-0.4, -0.2) is 66.2 Å². The number of likely N-dealkylation sites (tertiary alicyclic amines) is 2. The van der Waals surface area contributed by atoms with Gasteiger partial charge in [0.2, 0.25) is 0 Å². The molecule has 2 saturated heterocycles. The van der Waals surface area contributed by atoms with Crippen LogP contribution in [0.15, 0.2) is 42.5 Å². The summed E-state index contributed by atoms with van der Waals surface area (Å²) >= 11 is 0. The third-order valence-corrected chi connectivity index (χ3v) is 8.43. The first-order valence-electron chi connectivity index (χ1n) is 13.6. The van der Waals surface area contributed by atoms with E-state index in [1.807, 2.05) is 6.07 Å². The largest absolute Gasteiger partial charge is 0.493 e. The number of ether oxygens (including phenoxy) is 1. The Morgan fingerprint density at radius 3 is 2.44 bits per heavy atom. The summed E-state index contributed by atoms with van der Waals surface area (Å²) in [4.78, 5) is 17.0. The smallest absolute Gasteiger partial charge is 0.253 e. The Labute approximate surface area is 214 Å². The highest BCUT2D eigenvalue weighted by molar-refractivity contribution is 5.94. The first-order valence-corrected chi connectivity index (χ1v) is 13.6. The first-order chi connectivity index (χ1) is 17.4. The molecule has 0 spiro atoms. The Bertz CT molecular complexity index is 1040. The molecule has 0 unspecified atom stereocenters. The summed E-state index contributed by atoms with van der Waals surface area (Å²) in [7, 11) is 0. The number of carbonyl (C=O) groups excluding carboxylic acids is 1. The molecular weight excluding hydrogens is 455 g/mol. The van der Waals surface area contributed by atoms with E-state index < -0.39 is 6.10 Å². The van der Waals surface area contributed by atoms with Gasteiger partial charge in [0.25, 0.3) is 5.91 Å². The number of piperidine rings is 2. The average molecular weight is 495 g/mol. The molecule has 3 aliphatic rings. The van der Waals surface area contributed by atoms with Gasteiger partial charge in [0.05, 0.1) is 12.7 Å². The second-order valence-corrected chi connectivity index (χ2v) is 11.5. The molecule has 2 aromatic rings. The van der Waals surface area contributed by atoms with Crippen molar-refractivity contribution in [2.45, 2.75) is 58.0 Å². The van der Waals surface area contributed by atoms with Crippen molar-refractivity contribution >= 4 is 5.91 Å². The lowest BCUT2D eigenvalue weighted by molar-refractivity contribution is 0.0474. The molecule has 36 heavy (non-hydrogen) atoms. The molecule has 1 saturated carbocycles. The van der Waals surface area contributed by atoms with E-state index in [2.05, 4.69) is 11.8 Å². The molecule has 5 rings (SSSR count). The van der Waals surface area contributed by atoms with E-state index in [1.165, 1.54) is 31.9 Å². The van der Waals surface area contributed by atoms with Crippen LogP contribution < -0.4 is 4.74 Å².